The van der Waals surface area contributed by atoms with Crippen LogP contribution in [0.4, 0.5) is 0 Å². The van der Waals surface area contributed by atoms with E-state index in [9.17, 15) is 19.5 Å². The SMILES string of the molecule is Cn1[nH]cc(C[C@@H](NC(=O)c2ccc3ccccc3c2)C(=O)O)c1=O. The number of nitrogens with zero attached hydrogens (tertiary/aromatic N) is 1. The molecule has 0 saturated carbocycles. The number of aryl methyl sites for hydroxylation is 1. The van der Waals surface area contributed by atoms with Crippen molar-refractivity contribution >= 4 is 22.6 Å². The maximum absolute atomic E-state index is 12.4. The number of carbonyl (C=O) groups excluding carboxylic acids is 1. The van der Waals surface area contributed by atoms with E-state index in [2.05, 4.69) is 10.4 Å². The van der Waals surface area contributed by atoms with Crippen molar-refractivity contribution < 1.29 is 14.7 Å². The molecule has 0 unspecified atom stereocenters. The second kappa shape index (κ2) is 6.64. The van der Waals surface area contributed by atoms with Crippen molar-refractivity contribution in [3.63, 3.8) is 0 Å². The molecule has 0 saturated heterocycles. The molecule has 0 bridgehead atoms. The van der Waals surface area contributed by atoms with Gasteiger partial charge in [-0.3, -0.25) is 14.3 Å². The number of benzene rings is 2. The number of amides is 1. The van der Waals surface area contributed by atoms with Gasteiger partial charge in [0.1, 0.15) is 6.04 Å². The maximum atomic E-state index is 12.4. The van der Waals surface area contributed by atoms with E-state index < -0.39 is 17.9 Å². The van der Waals surface area contributed by atoms with Crippen LogP contribution in [0.2, 0.25) is 0 Å². The first-order chi connectivity index (χ1) is 12.0. The lowest BCUT2D eigenvalue weighted by Gasteiger charge is -2.13. The van der Waals surface area contributed by atoms with Crippen LogP contribution in [0, 0.1) is 0 Å². The Kier molecular flexibility index (Phi) is 4.38. The predicted octanol–water partition coefficient (Wildman–Crippen LogP) is 1.29. The second-order valence-electron chi connectivity index (χ2n) is 5.79. The molecule has 0 fully saturated rings. The van der Waals surface area contributed by atoms with E-state index in [0.29, 0.717) is 11.1 Å². The summed E-state index contributed by atoms with van der Waals surface area (Å²) in [6.45, 7) is 0. The summed E-state index contributed by atoms with van der Waals surface area (Å²) < 4.78 is 1.25. The van der Waals surface area contributed by atoms with Gasteiger partial charge in [-0.05, 0) is 22.9 Å². The molecule has 0 aliphatic heterocycles. The van der Waals surface area contributed by atoms with Crippen molar-refractivity contribution in [1.82, 2.24) is 15.1 Å². The zero-order valence-corrected chi connectivity index (χ0v) is 13.5. The van der Waals surface area contributed by atoms with Gasteiger partial charge in [-0.25, -0.2) is 4.79 Å². The number of rotatable bonds is 5. The van der Waals surface area contributed by atoms with Crippen molar-refractivity contribution in [3.05, 3.63) is 70.1 Å². The van der Waals surface area contributed by atoms with Crippen molar-refractivity contribution in [2.24, 2.45) is 7.05 Å². The minimum atomic E-state index is -1.20. The molecule has 0 aliphatic carbocycles. The molecule has 1 aromatic heterocycles. The van der Waals surface area contributed by atoms with Crippen LogP contribution in [0.3, 0.4) is 0 Å². The van der Waals surface area contributed by atoms with Gasteiger partial charge in [0.15, 0.2) is 0 Å². The van der Waals surface area contributed by atoms with Crippen LogP contribution < -0.4 is 10.9 Å². The van der Waals surface area contributed by atoms with Gasteiger partial charge in [0.05, 0.1) is 0 Å². The first kappa shape index (κ1) is 16.5. The van der Waals surface area contributed by atoms with Crippen LogP contribution in [-0.4, -0.2) is 32.8 Å². The van der Waals surface area contributed by atoms with Crippen molar-refractivity contribution in [3.8, 4) is 0 Å². The van der Waals surface area contributed by atoms with Crippen LogP contribution >= 0.6 is 0 Å². The summed E-state index contributed by atoms with van der Waals surface area (Å²) in [5, 5.41) is 16.4. The number of hydrogen-bond donors (Lipinski definition) is 3. The highest BCUT2D eigenvalue weighted by Gasteiger charge is 2.23. The van der Waals surface area contributed by atoms with Crippen LogP contribution in [-0.2, 0) is 18.3 Å². The highest BCUT2D eigenvalue weighted by atomic mass is 16.4. The summed E-state index contributed by atoms with van der Waals surface area (Å²) >= 11 is 0. The summed E-state index contributed by atoms with van der Waals surface area (Å²) in [6.07, 6.45) is 1.35. The van der Waals surface area contributed by atoms with Gasteiger partial charge in [-0.2, -0.15) is 0 Å². The summed E-state index contributed by atoms with van der Waals surface area (Å²) in [6, 6.07) is 11.5. The van der Waals surface area contributed by atoms with Crippen molar-refractivity contribution in [2.75, 3.05) is 0 Å². The van der Waals surface area contributed by atoms with Crippen LogP contribution in [0.1, 0.15) is 15.9 Å². The lowest BCUT2D eigenvalue weighted by atomic mass is 10.1. The van der Waals surface area contributed by atoms with Gasteiger partial charge in [0.25, 0.3) is 11.5 Å². The average Bonchev–Trinajstić information content (AvgIpc) is 2.92. The van der Waals surface area contributed by atoms with Crippen LogP contribution in [0.25, 0.3) is 10.8 Å². The van der Waals surface area contributed by atoms with Gasteiger partial charge in [-0.15, -0.1) is 0 Å². The topological polar surface area (TPSA) is 104 Å². The lowest BCUT2D eigenvalue weighted by molar-refractivity contribution is -0.139. The lowest BCUT2D eigenvalue weighted by Crippen LogP contribution is -2.43. The number of carboxylic acids is 1. The van der Waals surface area contributed by atoms with E-state index in [-0.39, 0.29) is 12.0 Å². The zero-order valence-electron chi connectivity index (χ0n) is 13.5. The molecule has 3 N–H and O–H groups in total. The number of carbonyl (C=O) groups is 2. The molecular formula is C18H17N3O4. The van der Waals surface area contributed by atoms with E-state index in [4.69, 9.17) is 0 Å². The first-order valence-electron chi connectivity index (χ1n) is 7.71. The Morgan fingerprint density at radius 2 is 1.92 bits per heavy atom. The fraction of sp³-hybridized carbons (Fsp3) is 0.167. The highest BCUT2D eigenvalue weighted by molar-refractivity contribution is 6.00. The normalized spacial score (nSPS) is 12.0. The first-order valence-corrected chi connectivity index (χ1v) is 7.71. The number of hydrogen-bond acceptors (Lipinski definition) is 3. The number of aromatic amines is 1. The Hall–Kier alpha value is -3.35. The third kappa shape index (κ3) is 3.45. The van der Waals surface area contributed by atoms with Gasteiger partial charge in [0, 0.05) is 30.8 Å². The predicted molar refractivity (Wildman–Crippen MR) is 92.6 cm³/mol. The van der Waals surface area contributed by atoms with Crippen LogP contribution in [0.15, 0.2) is 53.5 Å². The molecule has 0 radical (unpaired) electrons. The number of fused-ring (bicyclic) bond motifs is 1. The molecule has 7 nitrogen and oxygen atoms in total. The Balaban J connectivity index is 1.81. The molecule has 0 spiro atoms. The summed E-state index contributed by atoms with van der Waals surface area (Å²) in [5.41, 5.74) is 0.354. The average molecular weight is 339 g/mol. The summed E-state index contributed by atoms with van der Waals surface area (Å²) in [5.74, 6) is -1.69. The molecular weight excluding hydrogens is 322 g/mol. The fourth-order valence-corrected chi connectivity index (χ4v) is 2.65. The molecule has 1 atom stereocenters. The van der Waals surface area contributed by atoms with E-state index in [1.54, 1.807) is 12.1 Å². The zero-order chi connectivity index (χ0) is 18.0. The fourth-order valence-electron chi connectivity index (χ4n) is 2.65. The highest BCUT2D eigenvalue weighted by Crippen LogP contribution is 2.15. The molecule has 1 heterocycles. The molecule has 3 aromatic rings. The Bertz CT molecular complexity index is 1000. The maximum Gasteiger partial charge on any atom is 0.326 e. The Labute approximate surface area is 142 Å². The number of aliphatic carboxylic acids is 1. The number of aromatic nitrogens is 2. The van der Waals surface area contributed by atoms with Gasteiger partial charge < -0.3 is 15.5 Å². The molecule has 1 amide bonds. The molecule has 7 heteroatoms. The van der Waals surface area contributed by atoms with Crippen LogP contribution in [0.5, 0.6) is 0 Å². The quantitative estimate of drug-likeness (QED) is 0.651. The number of carboxylic acid groups (broad SMARTS) is 1. The largest absolute Gasteiger partial charge is 0.480 e. The molecule has 128 valence electrons. The summed E-state index contributed by atoms with van der Waals surface area (Å²) in [7, 11) is 1.54. The standard InChI is InChI=1S/C18H17N3O4/c1-21-17(23)14(10-19-21)9-15(18(24)25)20-16(22)13-7-6-11-4-2-3-5-12(11)8-13/h2-8,10,15,19H,9H2,1H3,(H,20,22)(H,24,25)/t15-/m1/s1. The minimum absolute atomic E-state index is 0.0924. The summed E-state index contributed by atoms with van der Waals surface area (Å²) in [4.78, 5) is 35.7. The number of nitrogens with one attached hydrogen (secondary N) is 2. The molecule has 2 aromatic carbocycles. The van der Waals surface area contributed by atoms with Gasteiger partial charge >= 0.3 is 5.97 Å². The monoisotopic (exact) mass is 339 g/mol. The van der Waals surface area contributed by atoms with E-state index in [1.165, 1.54) is 17.9 Å². The second-order valence-corrected chi connectivity index (χ2v) is 5.79. The van der Waals surface area contributed by atoms with Crippen molar-refractivity contribution in [1.29, 1.82) is 0 Å². The molecule has 0 aliphatic rings. The van der Waals surface area contributed by atoms with Gasteiger partial charge in [0.2, 0.25) is 0 Å². The van der Waals surface area contributed by atoms with E-state index in [0.717, 1.165) is 10.8 Å². The number of H-pyrrole nitrogens is 1. The molecule has 25 heavy (non-hydrogen) atoms. The smallest absolute Gasteiger partial charge is 0.326 e. The van der Waals surface area contributed by atoms with Crippen molar-refractivity contribution in [2.45, 2.75) is 12.5 Å². The Morgan fingerprint density at radius 3 is 2.56 bits per heavy atom. The van der Waals surface area contributed by atoms with Gasteiger partial charge in [-0.1, -0.05) is 30.3 Å². The minimum Gasteiger partial charge on any atom is -0.480 e. The van der Waals surface area contributed by atoms with E-state index >= 15 is 0 Å². The third-order valence-corrected chi connectivity index (χ3v) is 4.05. The third-order valence-electron chi connectivity index (χ3n) is 4.05. The van der Waals surface area contributed by atoms with E-state index in [1.807, 2.05) is 30.3 Å². The Morgan fingerprint density at radius 1 is 1.20 bits per heavy atom. The molecule has 3 rings (SSSR count).